The van der Waals surface area contributed by atoms with E-state index in [1.165, 1.54) is 4.90 Å². The van der Waals surface area contributed by atoms with E-state index in [1.54, 1.807) is 0 Å². The molecule has 0 fully saturated rings. The first-order valence-corrected chi connectivity index (χ1v) is 6.16. The normalized spacial score (nSPS) is 17.7. The molecule has 100 valence electrons. The van der Waals surface area contributed by atoms with Crippen LogP contribution in [0.4, 0.5) is 0 Å². The monoisotopic (exact) mass is 261 g/mol. The Balaban J connectivity index is 2.23. The first-order chi connectivity index (χ1) is 9.13. The van der Waals surface area contributed by atoms with Gasteiger partial charge in [-0.25, -0.2) is 4.79 Å². The fourth-order valence-electron chi connectivity index (χ4n) is 2.33. The quantitative estimate of drug-likeness (QED) is 0.821. The zero-order valence-corrected chi connectivity index (χ0v) is 10.4. The van der Waals surface area contributed by atoms with Gasteiger partial charge in [-0.3, -0.25) is 4.79 Å². The number of carbonyl (C=O) groups is 3. The molecule has 1 unspecified atom stereocenters. The number of carboxylic acids is 1. The molecule has 0 aliphatic carbocycles. The van der Waals surface area contributed by atoms with Crippen molar-refractivity contribution in [3.63, 3.8) is 0 Å². The Kier molecular flexibility index (Phi) is 3.94. The first-order valence-electron chi connectivity index (χ1n) is 6.16. The molecular formula is C14H15NO4. The van der Waals surface area contributed by atoms with Crippen LogP contribution in [-0.2, 0) is 27.3 Å². The standard InChI is InChI=1S/C14H15NO4/c16-7-3-6-13(17)15-9-11-5-2-1-4-10(11)8-12(15)14(18)19/h1-2,4-5,7,12H,3,6,8-9H2,(H,18,19). The van der Waals surface area contributed by atoms with Crippen LogP contribution in [0.1, 0.15) is 24.0 Å². The van der Waals surface area contributed by atoms with Crippen molar-refractivity contribution in [3.05, 3.63) is 35.4 Å². The third-order valence-corrected chi connectivity index (χ3v) is 3.33. The number of aldehydes is 1. The smallest absolute Gasteiger partial charge is 0.326 e. The lowest BCUT2D eigenvalue weighted by atomic mass is 9.93. The third kappa shape index (κ3) is 2.81. The molecule has 1 aromatic carbocycles. The molecule has 2 rings (SSSR count). The Morgan fingerprint density at radius 3 is 2.63 bits per heavy atom. The lowest BCUT2D eigenvalue weighted by molar-refractivity contribution is -0.151. The van der Waals surface area contributed by atoms with E-state index in [1.807, 2.05) is 24.3 Å². The maximum atomic E-state index is 12.0. The summed E-state index contributed by atoms with van der Waals surface area (Å²) in [5.41, 5.74) is 1.94. The van der Waals surface area contributed by atoms with Gasteiger partial charge in [0.15, 0.2) is 0 Å². The largest absolute Gasteiger partial charge is 0.480 e. The zero-order chi connectivity index (χ0) is 13.8. The van der Waals surface area contributed by atoms with Crippen LogP contribution >= 0.6 is 0 Å². The first kappa shape index (κ1) is 13.3. The van der Waals surface area contributed by atoms with Crippen molar-refractivity contribution in [1.29, 1.82) is 0 Å². The van der Waals surface area contributed by atoms with E-state index in [2.05, 4.69) is 0 Å². The van der Waals surface area contributed by atoms with E-state index in [-0.39, 0.29) is 18.7 Å². The number of aliphatic carboxylic acids is 1. The van der Waals surface area contributed by atoms with E-state index < -0.39 is 12.0 Å². The summed E-state index contributed by atoms with van der Waals surface area (Å²) in [6.07, 6.45) is 1.18. The Bertz CT molecular complexity index is 512. The molecular weight excluding hydrogens is 246 g/mol. The number of benzene rings is 1. The number of hydrogen-bond acceptors (Lipinski definition) is 3. The van der Waals surface area contributed by atoms with Crippen molar-refractivity contribution in [3.8, 4) is 0 Å². The summed E-state index contributed by atoms with van der Waals surface area (Å²) in [5, 5.41) is 9.25. The van der Waals surface area contributed by atoms with E-state index in [0.29, 0.717) is 19.3 Å². The van der Waals surface area contributed by atoms with Gasteiger partial charge >= 0.3 is 5.97 Å². The molecule has 0 bridgehead atoms. The predicted octanol–water partition coefficient (Wildman–Crippen LogP) is 1.00. The van der Waals surface area contributed by atoms with Crippen LogP contribution in [0.2, 0.25) is 0 Å². The van der Waals surface area contributed by atoms with Gasteiger partial charge in [0.25, 0.3) is 0 Å². The topological polar surface area (TPSA) is 74.7 Å². The van der Waals surface area contributed by atoms with Gasteiger partial charge in [0.2, 0.25) is 5.91 Å². The van der Waals surface area contributed by atoms with Crippen molar-refractivity contribution in [2.45, 2.75) is 31.8 Å². The molecule has 19 heavy (non-hydrogen) atoms. The number of rotatable bonds is 4. The van der Waals surface area contributed by atoms with Crippen LogP contribution in [0, 0.1) is 0 Å². The third-order valence-electron chi connectivity index (χ3n) is 3.33. The Morgan fingerprint density at radius 2 is 2.00 bits per heavy atom. The fourth-order valence-corrected chi connectivity index (χ4v) is 2.33. The molecule has 1 amide bonds. The summed E-state index contributed by atoms with van der Waals surface area (Å²) in [7, 11) is 0. The van der Waals surface area contributed by atoms with Crippen LogP contribution in [0.15, 0.2) is 24.3 Å². The predicted molar refractivity (Wildman–Crippen MR) is 67.4 cm³/mol. The maximum Gasteiger partial charge on any atom is 0.326 e. The number of hydrogen-bond donors (Lipinski definition) is 1. The molecule has 0 saturated carbocycles. The van der Waals surface area contributed by atoms with E-state index >= 15 is 0 Å². The highest BCUT2D eigenvalue weighted by atomic mass is 16.4. The van der Waals surface area contributed by atoms with Crippen molar-refractivity contribution in [2.75, 3.05) is 0 Å². The summed E-state index contributed by atoms with van der Waals surface area (Å²) in [4.78, 5) is 34.9. The van der Waals surface area contributed by atoms with Crippen LogP contribution < -0.4 is 0 Å². The Morgan fingerprint density at radius 1 is 1.32 bits per heavy atom. The Labute approximate surface area is 110 Å². The minimum absolute atomic E-state index is 0.0649. The van der Waals surface area contributed by atoms with Gasteiger partial charge in [-0.15, -0.1) is 0 Å². The van der Waals surface area contributed by atoms with Crippen LogP contribution in [-0.4, -0.2) is 34.2 Å². The van der Waals surface area contributed by atoms with Crippen LogP contribution in [0.25, 0.3) is 0 Å². The van der Waals surface area contributed by atoms with Gasteiger partial charge < -0.3 is 14.8 Å². The fraction of sp³-hybridized carbons (Fsp3) is 0.357. The molecule has 1 atom stereocenters. The molecule has 1 aromatic rings. The minimum atomic E-state index is -1.01. The number of amides is 1. The van der Waals surface area contributed by atoms with Crippen molar-refractivity contribution in [1.82, 2.24) is 4.90 Å². The lowest BCUT2D eigenvalue weighted by Gasteiger charge is -2.34. The average molecular weight is 261 g/mol. The minimum Gasteiger partial charge on any atom is -0.480 e. The van der Waals surface area contributed by atoms with Gasteiger partial charge in [-0.2, -0.15) is 0 Å². The average Bonchev–Trinajstić information content (AvgIpc) is 2.43. The van der Waals surface area contributed by atoms with Crippen LogP contribution in [0.3, 0.4) is 0 Å². The second-order valence-corrected chi connectivity index (χ2v) is 4.55. The number of nitrogens with zero attached hydrogens (tertiary/aromatic N) is 1. The molecule has 0 saturated heterocycles. The highest BCUT2D eigenvalue weighted by Crippen LogP contribution is 2.24. The highest BCUT2D eigenvalue weighted by molar-refractivity contribution is 5.85. The summed E-state index contributed by atoms with van der Waals surface area (Å²) in [6.45, 7) is 0.296. The molecule has 1 aliphatic heterocycles. The van der Waals surface area contributed by atoms with Gasteiger partial charge in [-0.05, 0) is 11.1 Å². The molecule has 5 nitrogen and oxygen atoms in total. The van der Waals surface area contributed by atoms with E-state index in [4.69, 9.17) is 0 Å². The van der Waals surface area contributed by atoms with Crippen LogP contribution in [0.5, 0.6) is 0 Å². The molecule has 1 N–H and O–H groups in total. The van der Waals surface area contributed by atoms with Crippen molar-refractivity contribution >= 4 is 18.2 Å². The second-order valence-electron chi connectivity index (χ2n) is 4.55. The van der Waals surface area contributed by atoms with Gasteiger partial charge in [-0.1, -0.05) is 24.3 Å². The summed E-state index contributed by atoms with van der Waals surface area (Å²) < 4.78 is 0. The van der Waals surface area contributed by atoms with E-state index in [9.17, 15) is 19.5 Å². The number of carboxylic acid groups (broad SMARTS) is 1. The molecule has 0 radical (unpaired) electrons. The van der Waals surface area contributed by atoms with Crippen molar-refractivity contribution < 1.29 is 19.5 Å². The maximum absolute atomic E-state index is 12.0. The molecule has 1 heterocycles. The summed E-state index contributed by atoms with van der Waals surface area (Å²) >= 11 is 0. The van der Waals surface area contributed by atoms with Gasteiger partial charge in [0.1, 0.15) is 12.3 Å². The van der Waals surface area contributed by atoms with Crippen molar-refractivity contribution in [2.24, 2.45) is 0 Å². The van der Waals surface area contributed by atoms with Gasteiger partial charge in [0.05, 0.1) is 0 Å². The SMILES string of the molecule is O=CCCC(=O)N1Cc2ccccc2CC1C(=O)O. The molecule has 0 spiro atoms. The zero-order valence-electron chi connectivity index (χ0n) is 10.4. The van der Waals surface area contributed by atoms with E-state index in [0.717, 1.165) is 11.1 Å². The lowest BCUT2D eigenvalue weighted by Crippen LogP contribution is -2.48. The molecule has 0 aromatic heterocycles. The molecule has 1 aliphatic rings. The summed E-state index contributed by atoms with van der Waals surface area (Å²) in [6, 6.07) is 6.68. The second kappa shape index (κ2) is 5.65. The summed E-state index contributed by atoms with van der Waals surface area (Å²) in [5.74, 6) is -1.29. The number of carbonyl (C=O) groups excluding carboxylic acids is 2. The Hall–Kier alpha value is -2.17. The number of fused-ring (bicyclic) bond motifs is 1. The highest BCUT2D eigenvalue weighted by Gasteiger charge is 2.33. The van der Waals surface area contributed by atoms with Gasteiger partial charge in [0, 0.05) is 25.8 Å². The molecule has 5 heteroatoms.